The Bertz CT molecular complexity index is 1700. The monoisotopic (exact) mass is 1060 g/mol. The number of allylic oxidation sites excluding steroid dienone is 24. The zero-order valence-electron chi connectivity index (χ0n) is 49.7. The lowest BCUT2D eigenvalue weighted by Crippen LogP contribution is -2.30. The molecule has 6 heteroatoms. The first-order valence-corrected chi connectivity index (χ1v) is 31.3. The standard InChI is InChI=1S/C71H114O6/c1-4-7-10-13-16-19-21-23-25-27-29-31-33-35-37-39-41-43-45-47-49-52-55-58-61-64-70(73)76-67-68(66-75-69(72)63-60-57-54-51-18-15-12-9-6-3)77-71(74)65-62-59-56-53-50-48-46-44-42-40-38-36-34-32-30-28-26-24-22-20-17-14-11-8-5-2/h7-8,10-11,16-17,19-20,23-26,29-32,35-38,41,43,47,49,68H,4-6,9,12-15,18,21-22,27-28,33-34,39-40,42,44-46,48,50-67H2,1-3H3/b10-7-,11-8-,19-16-,20-17-,25-23-,26-24-,31-29-,32-30-,37-35-,38-36-,43-41-,49-47-. The third kappa shape index (κ3) is 62.0. The lowest BCUT2D eigenvalue weighted by atomic mass is 10.1. The van der Waals surface area contributed by atoms with Crippen molar-refractivity contribution in [3.63, 3.8) is 0 Å². The summed E-state index contributed by atoms with van der Waals surface area (Å²) in [6, 6.07) is 0. The van der Waals surface area contributed by atoms with E-state index in [4.69, 9.17) is 14.2 Å². The van der Waals surface area contributed by atoms with Gasteiger partial charge in [-0.2, -0.15) is 0 Å². The molecule has 0 rings (SSSR count). The first-order chi connectivity index (χ1) is 38.0. The fourth-order valence-corrected chi connectivity index (χ4v) is 8.21. The molecular weight excluding hydrogens is 949 g/mol. The topological polar surface area (TPSA) is 78.9 Å². The minimum Gasteiger partial charge on any atom is -0.462 e. The van der Waals surface area contributed by atoms with Crippen LogP contribution in [0.5, 0.6) is 0 Å². The Labute approximate surface area is 474 Å². The van der Waals surface area contributed by atoms with Crippen molar-refractivity contribution in [3.05, 3.63) is 146 Å². The van der Waals surface area contributed by atoms with Crippen LogP contribution in [0.4, 0.5) is 0 Å². The molecule has 0 saturated carbocycles. The highest BCUT2D eigenvalue weighted by Crippen LogP contribution is 2.15. The lowest BCUT2D eigenvalue weighted by Gasteiger charge is -2.18. The first kappa shape index (κ1) is 72.3. The number of carbonyl (C=O) groups excluding carboxylic acids is 3. The number of ether oxygens (including phenoxy) is 3. The van der Waals surface area contributed by atoms with Crippen LogP contribution in [0.3, 0.4) is 0 Å². The van der Waals surface area contributed by atoms with Gasteiger partial charge in [0, 0.05) is 19.3 Å². The summed E-state index contributed by atoms with van der Waals surface area (Å²) in [4.78, 5) is 38.2. The SMILES string of the molecule is CC/C=C\C/C=C\C/C=C\C/C=C\C/C=C\C/C=C\C/C=C\CCCCCC(=O)OCC(COC(=O)CCCCCCCCCCC)OC(=O)CCCCCCCCCCC/C=C\C/C=C\C/C=C\C/C=C\C/C=C\CC. The van der Waals surface area contributed by atoms with Gasteiger partial charge in [-0.05, 0) is 122 Å². The van der Waals surface area contributed by atoms with Gasteiger partial charge in [-0.3, -0.25) is 14.4 Å². The Hall–Kier alpha value is -4.71. The van der Waals surface area contributed by atoms with Crippen LogP contribution < -0.4 is 0 Å². The predicted molar refractivity (Wildman–Crippen MR) is 334 cm³/mol. The van der Waals surface area contributed by atoms with Gasteiger partial charge in [0.15, 0.2) is 6.10 Å². The van der Waals surface area contributed by atoms with E-state index in [9.17, 15) is 14.4 Å². The molecular formula is C71H114O6. The summed E-state index contributed by atoms with van der Waals surface area (Å²) in [5.41, 5.74) is 0. The van der Waals surface area contributed by atoms with Crippen LogP contribution in [-0.4, -0.2) is 37.2 Å². The largest absolute Gasteiger partial charge is 0.462 e. The summed E-state index contributed by atoms with van der Waals surface area (Å²) < 4.78 is 16.8. The fourth-order valence-electron chi connectivity index (χ4n) is 8.21. The van der Waals surface area contributed by atoms with E-state index in [1.807, 2.05) is 0 Å². The minimum atomic E-state index is -0.800. The molecule has 0 bridgehead atoms. The molecule has 6 nitrogen and oxygen atoms in total. The molecule has 0 amide bonds. The van der Waals surface area contributed by atoms with Crippen LogP contribution in [0.1, 0.15) is 265 Å². The van der Waals surface area contributed by atoms with E-state index >= 15 is 0 Å². The molecule has 0 spiro atoms. The van der Waals surface area contributed by atoms with Crippen LogP contribution in [0.25, 0.3) is 0 Å². The molecule has 0 fully saturated rings. The molecule has 77 heavy (non-hydrogen) atoms. The average Bonchev–Trinajstić information content (AvgIpc) is 3.43. The molecule has 1 unspecified atom stereocenters. The zero-order valence-corrected chi connectivity index (χ0v) is 49.7. The van der Waals surface area contributed by atoms with Crippen molar-refractivity contribution in [1.29, 1.82) is 0 Å². The van der Waals surface area contributed by atoms with Crippen LogP contribution in [-0.2, 0) is 28.6 Å². The van der Waals surface area contributed by atoms with Crippen LogP contribution in [0.15, 0.2) is 146 Å². The van der Waals surface area contributed by atoms with Gasteiger partial charge in [-0.1, -0.05) is 269 Å². The van der Waals surface area contributed by atoms with Crippen molar-refractivity contribution in [2.45, 2.75) is 271 Å². The van der Waals surface area contributed by atoms with Gasteiger partial charge >= 0.3 is 17.9 Å². The second kappa shape index (κ2) is 63.8. The highest BCUT2D eigenvalue weighted by molar-refractivity contribution is 5.71. The van der Waals surface area contributed by atoms with Gasteiger partial charge < -0.3 is 14.2 Å². The Morgan fingerprint density at radius 3 is 0.805 bits per heavy atom. The summed E-state index contributed by atoms with van der Waals surface area (Å²) in [5, 5.41) is 0. The molecule has 0 aliphatic rings. The van der Waals surface area contributed by atoms with E-state index in [1.165, 1.54) is 77.0 Å². The number of esters is 3. The van der Waals surface area contributed by atoms with Gasteiger partial charge in [0.05, 0.1) is 0 Å². The number of rotatable bonds is 55. The summed E-state index contributed by atoms with van der Waals surface area (Å²) >= 11 is 0. The molecule has 0 N–H and O–H groups in total. The lowest BCUT2D eigenvalue weighted by molar-refractivity contribution is -0.167. The number of carbonyl (C=O) groups is 3. The quantitative estimate of drug-likeness (QED) is 0.0261. The first-order valence-electron chi connectivity index (χ1n) is 31.3. The van der Waals surface area contributed by atoms with Crippen molar-refractivity contribution in [1.82, 2.24) is 0 Å². The Kier molecular flexibility index (Phi) is 59.9. The molecule has 0 aromatic heterocycles. The van der Waals surface area contributed by atoms with Crippen molar-refractivity contribution >= 4 is 17.9 Å². The maximum atomic E-state index is 12.9. The van der Waals surface area contributed by atoms with Gasteiger partial charge in [-0.25, -0.2) is 0 Å². The summed E-state index contributed by atoms with van der Waals surface area (Å²) in [6.07, 6.45) is 91.4. The molecule has 0 aromatic rings. The van der Waals surface area contributed by atoms with Gasteiger partial charge in [0.2, 0.25) is 0 Å². The Morgan fingerprint density at radius 2 is 0.506 bits per heavy atom. The number of unbranched alkanes of at least 4 members (excludes halogenated alkanes) is 20. The fraction of sp³-hybridized carbons (Fsp3) is 0.620. The van der Waals surface area contributed by atoms with Gasteiger partial charge in [0.1, 0.15) is 13.2 Å². The van der Waals surface area contributed by atoms with Gasteiger partial charge in [-0.15, -0.1) is 0 Å². The van der Waals surface area contributed by atoms with E-state index in [0.717, 1.165) is 148 Å². The van der Waals surface area contributed by atoms with E-state index in [0.29, 0.717) is 19.3 Å². The molecule has 0 heterocycles. The van der Waals surface area contributed by atoms with Crippen LogP contribution in [0, 0.1) is 0 Å². The number of hydrogen-bond acceptors (Lipinski definition) is 6. The maximum absolute atomic E-state index is 12.9. The van der Waals surface area contributed by atoms with Crippen molar-refractivity contribution in [3.8, 4) is 0 Å². The second-order valence-electron chi connectivity index (χ2n) is 20.2. The van der Waals surface area contributed by atoms with Crippen molar-refractivity contribution in [2.24, 2.45) is 0 Å². The molecule has 0 saturated heterocycles. The third-order valence-electron chi connectivity index (χ3n) is 12.8. The smallest absolute Gasteiger partial charge is 0.306 e. The normalized spacial score (nSPS) is 13.1. The summed E-state index contributed by atoms with van der Waals surface area (Å²) in [5.74, 6) is -0.940. The highest BCUT2D eigenvalue weighted by Gasteiger charge is 2.19. The van der Waals surface area contributed by atoms with E-state index in [2.05, 4.69) is 167 Å². The molecule has 434 valence electrons. The summed E-state index contributed by atoms with van der Waals surface area (Å²) in [7, 11) is 0. The van der Waals surface area contributed by atoms with Crippen molar-refractivity contribution < 1.29 is 28.6 Å². The average molecular weight is 1060 g/mol. The minimum absolute atomic E-state index is 0.0947. The molecule has 1 atom stereocenters. The molecule has 0 aliphatic heterocycles. The van der Waals surface area contributed by atoms with Crippen LogP contribution in [0.2, 0.25) is 0 Å². The van der Waals surface area contributed by atoms with Crippen molar-refractivity contribution in [2.75, 3.05) is 13.2 Å². The predicted octanol–water partition coefficient (Wildman–Crippen LogP) is 21.5. The molecule has 0 aromatic carbocycles. The summed E-state index contributed by atoms with van der Waals surface area (Å²) in [6.45, 7) is 6.36. The molecule has 0 aliphatic carbocycles. The molecule has 0 radical (unpaired) electrons. The van der Waals surface area contributed by atoms with E-state index in [-0.39, 0.29) is 31.1 Å². The van der Waals surface area contributed by atoms with E-state index in [1.54, 1.807) is 0 Å². The zero-order chi connectivity index (χ0) is 55.7. The maximum Gasteiger partial charge on any atom is 0.306 e. The Balaban J connectivity index is 4.35. The Morgan fingerprint density at radius 1 is 0.273 bits per heavy atom. The van der Waals surface area contributed by atoms with Gasteiger partial charge in [0.25, 0.3) is 0 Å². The number of hydrogen-bond donors (Lipinski definition) is 0. The third-order valence-corrected chi connectivity index (χ3v) is 12.8. The van der Waals surface area contributed by atoms with Crippen LogP contribution >= 0.6 is 0 Å². The second-order valence-corrected chi connectivity index (χ2v) is 20.2. The highest BCUT2D eigenvalue weighted by atomic mass is 16.6. The van der Waals surface area contributed by atoms with E-state index < -0.39 is 6.10 Å².